The van der Waals surface area contributed by atoms with Gasteiger partial charge in [-0.25, -0.2) is 4.99 Å². The van der Waals surface area contributed by atoms with Crippen LogP contribution in [-0.2, 0) is 6.42 Å². The van der Waals surface area contributed by atoms with Crippen LogP contribution in [0.3, 0.4) is 0 Å². The van der Waals surface area contributed by atoms with Crippen LogP contribution in [0.1, 0.15) is 19.4 Å². The minimum atomic E-state index is 0.839. The lowest BCUT2D eigenvalue weighted by Crippen LogP contribution is -2.14. The van der Waals surface area contributed by atoms with Crippen LogP contribution in [0.2, 0.25) is 0 Å². The van der Waals surface area contributed by atoms with Crippen LogP contribution in [0.25, 0.3) is 0 Å². The number of nitrogens with zero attached hydrogens (tertiary/aromatic N) is 1. The van der Waals surface area contributed by atoms with Crippen molar-refractivity contribution in [3.05, 3.63) is 47.9 Å². The molecule has 88 valence electrons. The summed E-state index contributed by atoms with van der Waals surface area (Å²) < 4.78 is 0. The van der Waals surface area contributed by atoms with Crippen molar-refractivity contribution in [2.45, 2.75) is 20.3 Å². The van der Waals surface area contributed by atoms with Crippen molar-refractivity contribution in [2.75, 3.05) is 10.6 Å². The maximum absolute atomic E-state index is 4.30. The molecule has 1 aromatic carbocycles. The van der Waals surface area contributed by atoms with Crippen LogP contribution in [0, 0.1) is 0 Å². The zero-order valence-corrected chi connectivity index (χ0v) is 10.2. The van der Waals surface area contributed by atoms with Gasteiger partial charge in [-0.3, -0.25) is 0 Å². The first-order valence-electron chi connectivity index (χ1n) is 5.77. The Morgan fingerprint density at radius 1 is 1.29 bits per heavy atom. The number of rotatable bonds is 3. The number of benzene rings is 1. The number of anilines is 2. The maximum atomic E-state index is 4.30. The van der Waals surface area contributed by atoms with E-state index in [-0.39, 0.29) is 0 Å². The molecular formula is C14H17N3. The second-order valence-electron chi connectivity index (χ2n) is 3.97. The van der Waals surface area contributed by atoms with E-state index in [4.69, 9.17) is 0 Å². The summed E-state index contributed by atoms with van der Waals surface area (Å²) in [4.78, 5) is 4.30. The van der Waals surface area contributed by atoms with E-state index in [1.807, 2.05) is 6.92 Å². The molecule has 3 nitrogen and oxygen atoms in total. The normalized spacial score (nSPS) is 14.2. The quantitative estimate of drug-likeness (QED) is 0.775. The van der Waals surface area contributed by atoms with Crippen molar-refractivity contribution in [1.29, 1.82) is 0 Å². The highest BCUT2D eigenvalue weighted by atomic mass is 15.1. The summed E-state index contributed by atoms with van der Waals surface area (Å²) in [5, 5.41) is 6.67. The largest absolute Gasteiger partial charge is 0.354 e. The third-order valence-electron chi connectivity index (χ3n) is 2.73. The molecule has 1 aliphatic rings. The van der Waals surface area contributed by atoms with E-state index < -0.39 is 0 Å². The highest BCUT2D eigenvalue weighted by Gasteiger charge is 2.13. The monoisotopic (exact) mass is 227 g/mol. The Balaban J connectivity index is 2.32. The van der Waals surface area contributed by atoms with Gasteiger partial charge in [0.25, 0.3) is 0 Å². The van der Waals surface area contributed by atoms with Gasteiger partial charge in [-0.15, -0.1) is 0 Å². The molecule has 3 heteroatoms. The van der Waals surface area contributed by atoms with Crippen molar-refractivity contribution in [3.63, 3.8) is 0 Å². The maximum Gasteiger partial charge on any atom is 0.149 e. The Labute approximate surface area is 102 Å². The van der Waals surface area contributed by atoms with Crippen LogP contribution in [-0.4, -0.2) is 6.21 Å². The fraction of sp³-hybridized carbons (Fsp3) is 0.214. The third-order valence-corrected chi connectivity index (χ3v) is 2.73. The number of aliphatic imine (C=N–C) groups is 1. The average Bonchev–Trinajstić information content (AvgIpc) is 2.35. The van der Waals surface area contributed by atoms with Gasteiger partial charge in [0.2, 0.25) is 0 Å². The SMILES string of the molecule is C=C/C=N\C1=C(C)Nc2ccc(CC)cc2N1. The molecule has 0 saturated carbocycles. The first-order chi connectivity index (χ1) is 8.24. The van der Waals surface area contributed by atoms with E-state index in [9.17, 15) is 0 Å². The molecule has 2 N–H and O–H groups in total. The second-order valence-corrected chi connectivity index (χ2v) is 3.97. The Morgan fingerprint density at radius 3 is 2.82 bits per heavy atom. The van der Waals surface area contributed by atoms with Crippen LogP contribution < -0.4 is 10.6 Å². The Bertz CT molecular complexity index is 498. The van der Waals surface area contributed by atoms with Gasteiger partial charge in [0.15, 0.2) is 0 Å². The number of hydrogen-bond acceptors (Lipinski definition) is 3. The molecule has 0 spiro atoms. The van der Waals surface area contributed by atoms with Crippen LogP contribution >= 0.6 is 0 Å². The minimum Gasteiger partial charge on any atom is -0.354 e. The zero-order valence-electron chi connectivity index (χ0n) is 10.2. The zero-order chi connectivity index (χ0) is 12.3. The van der Waals surface area contributed by atoms with Gasteiger partial charge >= 0.3 is 0 Å². The first kappa shape index (κ1) is 11.5. The predicted octanol–water partition coefficient (Wildman–Crippen LogP) is 3.53. The summed E-state index contributed by atoms with van der Waals surface area (Å²) in [5.41, 5.74) is 4.49. The lowest BCUT2D eigenvalue weighted by molar-refractivity contribution is 1.12. The summed E-state index contributed by atoms with van der Waals surface area (Å²) in [6.07, 6.45) is 4.38. The van der Waals surface area contributed by atoms with Crippen molar-refractivity contribution >= 4 is 17.6 Å². The third kappa shape index (κ3) is 2.38. The van der Waals surface area contributed by atoms with Gasteiger partial charge in [-0.2, -0.15) is 0 Å². The lowest BCUT2D eigenvalue weighted by Gasteiger charge is -2.22. The van der Waals surface area contributed by atoms with Gasteiger partial charge in [0, 0.05) is 6.21 Å². The lowest BCUT2D eigenvalue weighted by atomic mass is 10.1. The molecule has 0 fully saturated rings. The van der Waals surface area contributed by atoms with E-state index in [1.165, 1.54) is 5.56 Å². The van der Waals surface area contributed by atoms with Gasteiger partial charge in [-0.1, -0.05) is 25.6 Å². The number of hydrogen-bond donors (Lipinski definition) is 2. The molecule has 0 aromatic heterocycles. The average molecular weight is 227 g/mol. The summed E-state index contributed by atoms with van der Waals surface area (Å²) in [6.45, 7) is 7.77. The molecule has 0 aliphatic carbocycles. The predicted molar refractivity (Wildman–Crippen MR) is 74.5 cm³/mol. The van der Waals surface area contributed by atoms with E-state index in [1.54, 1.807) is 12.3 Å². The molecule has 1 aliphatic heterocycles. The van der Waals surface area contributed by atoms with Gasteiger partial charge in [-0.05, 0) is 31.0 Å². The molecule has 0 atom stereocenters. The van der Waals surface area contributed by atoms with Crippen molar-refractivity contribution in [2.24, 2.45) is 4.99 Å². The van der Waals surface area contributed by atoms with E-state index >= 15 is 0 Å². The van der Waals surface area contributed by atoms with Crippen LogP contribution in [0.4, 0.5) is 11.4 Å². The molecule has 0 saturated heterocycles. The number of fused-ring (bicyclic) bond motifs is 1. The minimum absolute atomic E-state index is 0.839. The number of allylic oxidation sites excluding steroid dienone is 2. The summed E-state index contributed by atoms with van der Waals surface area (Å²) in [6, 6.07) is 6.38. The first-order valence-corrected chi connectivity index (χ1v) is 5.77. The van der Waals surface area contributed by atoms with E-state index in [0.717, 1.165) is 29.3 Å². The van der Waals surface area contributed by atoms with Crippen LogP contribution in [0.5, 0.6) is 0 Å². The standard InChI is InChI=1S/C14H17N3/c1-4-8-15-14-10(3)16-12-7-6-11(5-2)9-13(12)17-14/h4,6-9,16-17H,1,5H2,2-3H3/b15-8-. The van der Waals surface area contributed by atoms with E-state index in [0.29, 0.717) is 0 Å². The number of nitrogens with one attached hydrogen (secondary N) is 2. The molecule has 0 bridgehead atoms. The molecule has 2 rings (SSSR count). The van der Waals surface area contributed by atoms with Crippen LogP contribution in [0.15, 0.2) is 47.4 Å². The number of aryl methyl sites for hydroxylation is 1. The topological polar surface area (TPSA) is 36.4 Å². The highest BCUT2D eigenvalue weighted by Crippen LogP contribution is 2.31. The Morgan fingerprint density at radius 2 is 2.12 bits per heavy atom. The van der Waals surface area contributed by atoms with Gasteiger partial charge in [0.05, 0.1) is 17.1 Å². The molecule has 0 amide bonds. The van der Waals surface area contributed by atoms with Crippen molar-refractivity contribution in [1.82, 2.24) is 0 Å². The molecule has 17 heavy (non-hydrogen) atoms. The molecular weight excluding hydrogens is 210 g/mol. The van der Waals surface area contributed by atoms with Crippen molar-refractivity contribution < 1.29 is 0 Å². The molecule has 1 heterocycles. The second kappa shape index (κ2) is 4.87. The van der Waals surface area contributed by atoms with Gasteiger partial charge < -0.3 is 10.6 Å². The molecule has 0 unspecified atom stereocenters. The van der Waals surface area contributed by atoms with Gasteiger partial charge in [0.1, 0.15) is 5.82 Å². The highest BCUT2D eigenvalue weighted by molar-refractivity contribution is 5.78. The Hall–Kier alpha value is -2.03. The van der Waals surface area contributed by atoms with Crippen molar-refractivity contribution in [3.8, 4) is 0 Å². The van der Waals surface area contributed by atoms with E-state index in [2.05, 4.69) is 47.3 Å². The summed E-state index contributed by atoms with van der Waals surface area (Å²) >= 11 is 0. The Kier molecular flexibility index (Phi) is 3.28. The summed E-state index contributed by atoms with van der Waals surface area (Å²) in [5.74, 6) is 0.839. The molecule has 0 radical (unpaired) electrons. The smallest absolute Gasteiger partial charge is 0.149 e. The fourth-order valence-electron chi connectivity index (χ4n) is 1.76. The summed E-state index contributed by atoms with van der Waals surface area (Å²) in [7, 11) is 0. The fourth-order valence-corrected chi connectivity index (χ4v) is 1.76. The molecule has 1 aromatic rings.